The summed E-state index contributed by atoms with van der Waals surface area (Å²) in [5.74, 6) is -1.17. The maximum atomic E-state index is 13.2. The summed E-state index contributed by atoms with van der Waals surface area (Å²) in [6.07, 6.45) is 0. The number of likely N-dealkylation sites (tertiary alicyclic amines) is 1. The Morgan fingerprint density at radius 1 is 1.09 bits per heavy atom. The summed E-state index contributed by atoms with van der Waals surface area (Å²) in [7, 11) is 1.51. The van der Waals surface area contributed by atoms with Crippen LogP contribution in [0.4, 0.5) is 0 Å². The molecule has 1 amide bonds. The fourth-order valence-electron chi connectivity index (χ4n) is 4.22. The fraction of sp³-hybridized carbons (Fsp3) is 0.385. The van der Waals surface area contributed by atoms with E-state index in [1.165, 1.54) is 24.1 Å². The number of phenolic OH excluding ortho intramolecular Hbond substituents is 1. The van der Waals surface area contributed by atoms with Gasteiger partial charge in [0.25, 0.3) is 11.7 Å². The van der Waals surface area contributed by atoms with Crippen molar-refractivity contribution in [2.75, 3.05) is 39.9 Å². The van der Waals surface area contributed by atoms with Gasteiger partial charge in [-0.25, -0.2) is 0 Å². The van der Waals surface area contributed by atoms with Crippen molar-refractivity contribution in [2.24, 2.45) is 0 Å². The van der Waals surface area contributed by atoms with E-state index in [-0.39, 0.29) is 23.4 Å². The molecule has 0 spiro atoms. The molecule has 9 heteroatoms. The summed E-state index contributed by atoms with van der Waals surface area (Å²) >= 11 is 3.33. The minimum Gasteiger partial charge on any atom is -0.507 e. The Labute approximate surface area is 213 Å². The number of methoxy groups -OCH3 is 1. The molecule has 0 aliphatic carbocycles. The molecule has 1 heterocycles. The number of hydrogen-bond acceptors (Lipinski definition) is 7. The van der Waals surface area contributed by atoms with Crippen LogP contribution in [0.2, 0.25) is 0 Å². The van der Waals surface area contributed by atoms with Crippen molar-refractivity contribution in [3.8, 4) is 17.2 Å². The molecule has 1 aliphatic heterocycles. The van der Waals surface area contributed by atoms with E-state index >= 15 is 0 Å². The minimum absolute atomic E-state index is 0.0593. The molecule has 2 aromatic carbocycles. The van der Waals surface area contributed by atoms with Gasteiger partial charge in [-0.05, 0) is 55.9 Å². The highest BCUT2D eigenvalue weighted by molar-refractivity contribution is 9.10. The van der Waals surface area contributed by atoms with E-state index in [1.54, 1.807) is 24.3 Å². The molecule has 1 atom stereocenters. The van der Waals surface area contributed by atoms with Gasteiger partial charge in [0.1, 0.15) is 11.5 Å². The maximum Gasteiger partial charge on any atom is 0.295 e. The molecule has 188 valence electrons. The Bertz CT molecular complexity index is 1130. The number of ether oxygens (including phenoxy) is 2. The van der Waals surface area contributed by atoms with Gasteiger partial charge in [-0.3, -0.25) is 9.59 Å². The third-order valence-electron chi connectivity index (χ3n) is 6.11. The zero-order valence-electron chi connectivity index (χ0n) is 20.4. The van der Waals surface area contributed by atoms with Crippen LogP contribution in [0.3, 0.4) is 0 Å². The highest BCUT2D eigenvalue weighted by Gasteiger charge is 2.46. The molecular weight excluding hydrogens is 516 g/mol. The van der Waals surface area contributed by atoms with Gasteiger partial charge in [-0.1, -0.05) is 35.8 Å². The Morgan fingerprint density at radius 3 is 2.43 bits per heavy atom. The number of Topliss-reactive ketones (excluding diaryl/α,β-unsaturated/α-hetero) is 1. The average molecular weight is 547 g/mol. The maximum absolute atomic E-state index is 13.2. The van der Waals surface area contributed by atoms with Crippen LogP contribution in [-0.4, -0.2) is 71.6 Å². The molecule has 1 aliphatic rings. The number of carbonyl (C=O) groups excluding carboxylic acids is 2. The van der Waals surface area contributed by atoms with Crippen LogP contribution in [0.25, 0.3) is 5.76 Å². The molecular formula is C26H31BrN2O6. The third kappa shape index (κ3) is 5.46. The first-order chi connectivity index (χ1) is 16.8. The van der Waals surface area contributed by atoms with Crippen molar-refractivity contribution in [1.82, 2.24) is 9.80 Å². The minimum atomic E-state index is -0.867. The molecule has 0 bridgehead atoms. The van der Waals surface area contributed by atoms with E-state index in [4.69, 9.17) is 9.47 Å². The third-order valence-corrected chi connectivity index (χ3v) is 6.60. The van der Waals surface area contributed by atoms with E-state index in [0.29, 0.717) is 34.7 Å². The zero-order valence-corrected chi connectivity index (χ0v) is 22.0. The molecule has 0 saturated carbocycles. The van der Waals surface area contributed by atoms with Crippen molar-refractivity contribution >= 4 is 33.4 Å². The summed E-state index contributed by atoms with van der Waals surface area (Å²) in [4.78, 5) is 30.0. The van der Waals surface area contributed by atoms with Crippen LogP contribution >= 0.6 is 15.9 Å². The lowest BCUT2D eigenvalue weighted by molar-refractivity contribution is -0.140. The molecule has 0 radical (unpaired) electrons. The van der Waals surface area contributed by atoms with Crippen LogP contribution in [0.5, 0.6) is 17.2 Å². The van der Waals surface area contributed by atoms with Crippen molar-refractivity contribution < 1.29 is 29.3 Å². The topological polar surface area (TPSA) is 99.5 Å². The number of ketones is 1. The molecule has 8 nitrogen and oxygen atoms in total. The van der Waals surface area contributed by atoms with Gasteiger partial charge in [-0.2, -0.15) is 0 Å². The number of nitrogens with zero attached hydrogens (tertiary/aromatic N) is 2. The Kier molecular flexibility index (Phi) is 8.80. The number of aliphatic hydroxyl groups excluding tert-OH is 1. The lowest BCUT2D eigenvalue weighted by Crippen LogP contribution is -2.38. The van der Waals surface area contributed by atoms with E-state index in [2.05, 4.69) is 20.8 Å². The van der Waals surface area contributed by atoms with Crippen molar-refractivity contribution in [1.29, 1.82) is 0 Å². The van der Waals surface area contributed by atoms with Crippen molar-refractivity contribution in [3.05, 3.63) is 57.6 Å². The van der Waals surface area contributed by atoms with Crippen LogP contribution in [0, 0.1) is 0 Å². The number of rotatable bonds is 10. The van der Waals surface area contributed by atoms with Crippen LogP contribution in [0.1, 0.15) is 37.9 Å². The second kappa shape index (κ2) is 11.6. The van der Waals surface area contributed by atoms with Crippen LogP contribution in [0.15, 0.2) is 46.4 Å². The first-order valence-electron chi connectivity index (χ1n) is 11.6. The molecule has 2 N–H and O–H groups in total. The first kappa shape index (κ1) is 26.6. The molecule has 0 unspecified atom stereocenters. The van der Waals surface area contributed by atoms with E-state index in [1.807, 2.05) is 20.8 Å². The van der Waals surface area contributed by atoms with Crippen molar-refractivity contribution in [3.63, 3.8) is 0 Å². The van der Waals surface area contributed by atoms with Gasteiger partial charge in [-0.15, -0.1) is 0 Å². The number of amides is 1. The monoisotopic (exact) mass is 546 g/mol. The quantitative estimate of drug-likeness (QED) is 0.260. The lowest BCUT2D eigenvalue weighted by atomic mass is 9.94. The summed E-state index contributed by atoms with van der Waals surface area (Å²) in [5, 5.41) is 21.6. The Morgan fingerprint density at radius 2 is 1.80 bits per heavy atom. The van der Waals surface area contributed by atoms with Gasteiger partial charge in [0.2, 0.25) is 0 Å². The summed E-state index contributed by atoms with van der Waals surface area (Å²) in [5.41, 5.74) is 0.554. The van der Waals surface area contributed by atoms with Gasteiger partial charge in [0.15, 0.2) is 11.5 Å². The number of likely N-dealkylation sites (N-methyl/N-ethyl adjacent to an activating group) is 1. The first-order valence-corrected chi connectivity index (χ1v) is 12.4. The molecule has 1 saturated heterocycles. The summed E-state index contributed by atoms with van der Waals surface area (Å²) in [6, 6.07) is 8.84. The molecule has 0 aromatic heterocycles. The number of halogens is 1. The molecule has 1 fully saturated rings. The average Bonchev–Trinajstić information content (AvgIpc) is 3.11. The van der Waals surface area contributed by atoms with Crippen molar-refractivity contribution in [2.45, 2.75) is 26.8 Å². The standard InChI is InChI=1S/C26H31BrN2O6/c1-5-28(6-2)12-13-29-23(16-8-11-20(35-7-3)21(14-16)34-4)22(25(32)26(29)33)24(31)18-15-17(27)9-10-19(18)30/h8-11,14-15,23,30-31H,5-7,12-13H2,1-4H3/t23-/m1/s1. The predicted molar refractivity (Wildman–Crippen MR) is 137 cm³/mol. The smallest absolute Gasteiger partial charge is 0.295 e. The predicted octanol–water partition coefficient (Wildman–Crippen LogP) is 4.33. The second-order valence-corrected chi connectivity index (χ2v) is 8.94. The number of aromatic hydroxyl groups is 1. The molecule has 2 aromatic rings. The SMILES string of the molecule is CCOc1ccc([C@@H]2C(=C(O)c3cc(Br)ccc3O)C(=O)C(=O)N2CCN(CC)CC)cc1OC. The summed E-state index contributed by atoms with van der Waals surface area (Å²) in [6.45, 7) is 8.81. The van der Waals surface area contributed by atoms with E-state index in [9.17, 15) is 19.8 Å². The van der Waals surface area contributed by atoms with Gasteiger partial charge >= 0.3 is 0 Å². The van der Waals surface area contributed by atoms with E-state index < -0.39 is 23.5 Å². The van der Waals surface area contributed by atoms with Gasteiger partial charge in [0.05, 0.1) is 30.9 Å². The van der Waals surface area contributed by atoms with E-state index in [0.717, 1.165) is 13.1 Å². The molecule has 3 rings (SSSR count). The highest BCUT2D eigenvalue weighted by atomic mass is 79.9. The zero-order chi connectivity index (χ0) is 25.7. The second-order valence-electron chi connectivity index (χ2n) is 8.02. The van der Waals surface area contributed by atoms with Gasteiger partial charge < -0.3 is 29.5 Å². The largest absolute Gasteiger partial charge is 0.507 e. The number of benzene rings is 2. The number of carbonyl (C=O) groups is 2. The Balaban J connectivity index is 2.19. The number of phenols is 1. The van der Waals surface area contributed by atoms with Crippen LogP contribution < -0.4 is 9.47 Å². The van der Waals surface area contributed by atoms with Gasteiger partial charge in [0, 0.05) is 17.6 Å². The van der Waals surface area contributed by atoms with Crippen LogP contribution in [-0.2, 0) is 9.59 Å². The fourth-order valence-corrected chi connectivity index (χ4v) is 4.58. The Hall–Kier alpha value is -3.04. The summed E-state index contributed by atoms with van der Waals surface area (Å²) < 4.78 is 11.7. The number of aliphatic hydroxyl groups is 1. The lowest BCUT2D eigenvalue weighted by Gasteiger charge is -2.28. The number of hydrogen-bond donors (Lipinski definition) is 2. The highest BCUT2D eigenvalue weighted by Crippen LogP contribution is 2.43. The normalized spacial score (nSPS) is 17.3. The molecule has 35 heavy (non-hydrogen) atoms.